The fourth-order valence-electron chi connectivity index (χ4n) is 1.41. The first-order chi connectivity index (χ1) is 6.15. The van der Waals surface area contributed by atoms with Crippen LogP contribution in [0.25, 0.3) is 0 Å². The molecule has 0 fully saturated rings. The Morgan fingerprint density at radius 3 is 2.00 bits per heavy atom. The molecule has 0 heterocycles. The Bertz CT molecular complexity index is 111. The molecule has 0 rings (SSSR count). The zero-order valence-corrected chi connectivity index (χ0v) is 9.51. The van der Waals surface area contributed by atoms with Crippen LogP contribution in [0.15, 0.2) is 0 Å². The zero-order valence-electron chi connectivity index (χ0n) is 9.51. The summed E-state index contributed by atoms with van der Waals surface area (Å²) in [5.74, 6) is 1.27. The van der Waals surface area contributed by atoms with Crippen LogP contribution in [0.1, 0.15) is 40.5 Å². The van der Waals surface area contributed by atoms with Crippen molar-refractivity contribution in [2.75, 3.05) is 13.2 Å². The smallest absolute Gasteiger partial charge is 0.0587 e. The largest absolute Gasteiger partial charge is 0.395 e. The molecular formula is C11H25NO. The van der Waals surface area contributed by atoms with Gasteiger partial charge in [-0.2, -0.15) is 0 Å². The molecule has 80 valence electrons. The Balaban J connectivity index is 3.69. The summed E-state index contributed by atoms with van der Waals surface area (Å²) in [4.78, 5) is 0. The number of hydrogen-bond donors (Lipinski definition) is 2. The van der Waals surface area contributed by atoms with Crippen LogP contribution < -0.4 is 5.32 Å². The molecule has 0 aromatic rings. The topological polar surface area (TPSA) is 32.3 Å². The van der Waals surface area contributed by atoms with E-state index < -0.39 is 0 Å². The highest BCUT2D eigenvalue weighted by atomic mass is 16.3. The molecule has 0 aromatic heterocycles. The third-order valence-corrected chi connectivity index (χ3v) is 2.82. The lowest BCUT2D eigenvalue weighted by Crippen LogP contribution is -2.39. The Morgan fingerprint density at radius 1 is 1.15 bits per heavy atom. The van der Waals surface area contributed by atoms with E-state index in [1.165, 1.54) is 12.8 Å². The molecule has 0 aliphatic heterocycles. The van der Waals surface area contributed by atoms with Gasteiger partial charge < -0.3 is 10.4 Å². The van der Waals surface area contributed by atoms with E-state index in [4.69, 9.17) is 5.11 Å². The maximum atomic E-state index is 9.09. The van der Waals surface area contributed by atoms with Crippen LogP contribution in [0, 0.1) is 11.8 Å². The highest BCUT2D eigenvalue weighted by Crippen LogP contribution is 2.07. The molecule has 0 bridgehead atoms. The maximum absolute atomic E-state index is 9.09. The van der Waals surface area contributed by atoms with Gasteiger partial charge in [-0.05, 0) is 18.4 Å². The van der Waals surface area contributed by atoms with Gasteiger partial charge in [-0.25, -0.2) is 0 Å². The van der Waals surface area contributed by atoms with Crippen LogP contribution in [0.2, 0.25) is 0 Å². The van der Waals surface area contributed by atoms with Crippen molar-refractivity contribution < 1.29 is 5.11 Å². The lowest BCUT2D eigenvalue weighted by Gasteiger charge is -2.22. The van der Waals surface area contributed by atoms with Crippen molar-refractivity contribution in [2.24, 2.45) is 11.8 Å². The average molecular weight is 187 g/mol. The van der Waals surface area contributed by atoms with Gasteiger partial charge in [-0.15, -0.1) is 0 Å². The number of aliphatic hydroxyl groups excluding tert-OH is 1. The van der Waals surface area contributed by atoms with E-state index in [0.717, 1.165) is 12.5 Å². The fraction of sp³-hybridized carbons (Fsp3) is 1.00. The first-order valence-corrected chi connectivity index (χ1v) is 5.49. The third kappa shape index (κ3) is 5.27. The maximum Gasteiger partial charge on any atom is 0.0587 e. The predicted molar refractivity (Wildman–Crippen MR) is 57.8 cm³/mol. The summed E-state index contributed by atoms with van der Waals surface area (Å²) in [5, 5.41) is 12.5. The highest BCUT2D eigenvalue weighted by Gasteiger charge is 2.12. The van der Waals surface area contributed by atoms with E-state index in [1.54, 1.807) is 0 Å². The van der Waals surface area contributed by atoms with Crippen LogP contribution in [-0.4, -0.2) is 24.3 Å². The first-order valence-electron chi connectivity index (χ1n) is 5.49. The van der Waals surface area contributed by atoms with Gasteiger partial charge in [-0.1, -0.05) is 40.5 Å². The molecule has 2 heteroatoms. The number of rotatable bonds is 7. The van der Waals surface area contributed by atoms with Crippen molar-refractivity contribution >= 4 is 0 Å². The van der Waals surface area contributed by atoms with Crippen LogP contribution >= 0.6 is 0 Å². The third-order valence-electron chi connectivity index (χ3n) is 2.82. The monoisotopic (exact) mass is 187 g/mol. The van der Waals surface area contributed by atoms with Crippen LogP contribution in [0.5, 0.6) is 0 Å². The van der Waals surface area contributed by atoms with Gasteiger partial charge in [0.25, 0.3) is 0 Å². The molecule has 2 N–H and O–H groups in total. The van der Waals surface area contributed by atoms with E-state index in [-0.39, 0.29) is 12.6 Å². The van der Waals surface area contributed by atoms with E-state index >= 15 is 0 Å². The molecule has 0 aromatic carbocycles. The molecular weight excluding hydrogens is 162 g/mol. The minimum absolute atomic E-state index is 0.248. The molecule has 0 saturated carbocycles. The summed E-state index contributed by atoms with van der Waals surface area (Å²) in [6.07, 6.45) is 2.44. The van der Waals surface area contributed by atoms with Gasteiger partial charge in [0, 0.05) is 6.04 Å². The Morgan fingerprint density at radius 2 is 1.69 bits per heavy atom. The molecule has 1 atom stereocenters. The summed E-state index contributed by atoms with van der Waals surface area (Å²) < 4.78 is 0. The predicted octanol–water partition coefficient (Wildman–Crippen LogP) is 2.03. The fourth-order valence-corrected chi connectivity index (χ4v) is 1.41. The number of hydrogen-bond acceptors (Lipinski definition) is 2. The molecule has 0 aliphatic carbocycles. The number of nitrogens with one attached hydrogen (secondary N) is 1. The highest BCUT2D eigenvalue weighted by molar-refractivity contribution is 4.71. The van der Waals surface area contributed by atoms with E-state index in [2.05, 4.69) is 33.0 Å². The van der Waals surface area contributed by atoms with Crippen LogP contribution in [0.3, 0.4) is 0 Å². The van der Waals surface area contributed by atoms with Crippen molar-refractivity contribution in [3.05, 3.63) is 0 Å². The zero-order chi connectivity index (χ0) is 10.3. The van der Waals surface area contributed by atoms with Crippen molar-refractivity contribution in [3.63, 3.8) is 0 Å². The van der Waals surface area contributed by atoms with Gasteiger partial charge in [0.15, 0.2) is 0 Å². The van der Waals surface area contributed by atoms with Gasteiger partial charge in [-0.3, -0.25) is 0 Å². The molecule has 13 heavy (non-hydrogen) atoms. The van der Waals surface area contributed by atoms with Gasteiger partial charge in [0.2, 0.25) is 0 Å². The normalized spacial score (nSPS) is 14.1. The SMILES string of the molecule is CCC(CC)CNC(CO)C(C)C. The van der Waals surface area contributed by atoms with Crippen LogP contribution in [-0.2, 0) is 0 Å². The van der Waals surface area contributed by atoms with Crippen LogP contribution in [0.4, 0.5) is 0 Å². The van der Waals surface area contributed by atoms with E-state index in [1.807, 2.05) is 0 Å². The Hall–Kier alpha value is -0.0800. The lowest BCUT2D eigenvalue weighted by molar-refractivity contribution is 0.204. The molecule has 2 nitrogen and oxygen atoms in total. The average Bonchev–Trinajstić information content (AvgIpc) is 2.12. The van der Waals surface area contributed by atoms with E-state index in [9.17, 15) is 0 Å². The molecule has 0 spiro atoms. The second-order valence-corrected chi connectivity index (χ2v) is 4.12. The van der Waals surface area contributed by atoms with Crippen molar-refractivity contribution in [1.29, 1.82) is 0 Å². The lowest BCUT2D eigenvalue weighted by atomic mass is 10.0. The number of aliphatic hydroxyl groups is 1. The molecule has 0 amide bonds. The summed E-state index contributed by atoms with van der Waals surface area (Å²) in [6, 6.07) is 0.264. The van der Waals surface area contributed by atoms with E-state index in [0.29, 0.717) is 5.92 Å². The quantitative estimate of drug-likeness (QED) is 0.639. The summed E-state index contributed by atoms with van der Waals surface area (Å²) in [5.41, 5.74) is 0. The second-order valence-electron chi connectivity index (χ2n) is 4.12. The molecule has 0 radical (unpaired) electrons. The Kier molecular flexibility index (Phi) is 7.29. The molecule has 0 aliphatic rings. The van der Waals surface area contributed by atoms with Gasteiger partial charge >= 0.3 is 0 Å². The van der Waals surface area contributed by atoms with Crippen molar-refractivity contribution in [2.45, 2.75) is 46.6 Å². The van der Waals surface area contributed by atoms with Crippen molar-refractivity contribution in [3.8, 4) is 0 Å². The summed E-state index contributed by atoms with van der Waals surface area (Å²) in [6.45, 7) is 10.0. The van der Waals surface area contributed by atoms with Crippen molar-refractivity contribution in [1.82, 2.24) is 5.32 Å². The summed E-state index contributed by atoms with van der Waals surface area (Å²) in [7, 11) is 0. The molecule has 0 saturated heterocycles. The Labute approximate surface area is 82.7 Å². The minimum Gasteiger partial charge on any atom is -0.395 e. The van der Waals surface area contributed by atoms with Gasteiger partial charge in [0.1, 0.15) is 0 Å². The standard InChI is InChI=1S/C11H25NO/c1-5-10(6-2)7-12-11(8-13)9(3)4/h9-13H,5-8H2,1-4H3. The first kappa shape index (κ1) is 12.9. The minimum atomic E-state index is 0.248. The second kappa shape index (κ2) is 7.34. The summed E-state index contributed by atoms with van der Waals surface area (Å²) >= 11 is 0. The molecule has 1 unspecified atom stereocenters. The van der Waals surface area contributed by atoms with Gasteiger partial charge in [0.05, 0.1) is 6.61 Å².